The molecule has 0 saturated heterocycles. The minimum atomic E-state index is -0.279. The number of aryl methyl sites for hydroxylation is 2. The Morgan fingerprint density at radius 3 is 2.83 bits per heavy atom. The summed E-state index contributed by atoms with van der Waals surface area (Å²) in [5.41, 5.74) is 7.60. The van der Waals surface area contributed by atoms with Crippen molar-refractivity contribution in [2.75, 3.05) is 5.75 Å². The summed E-state index contributed by atoms with van der Waals surface area (Å²) in [6.45, 7) is 4.03. The summed E-state index contributed by atoms with van der Waals surface area (Å²) in [6.07, 6.45) is 2.30. The first-order valence-electron chi connectivity index (χ1n) is 6.18. The first kappa shape index (κ1) is 13.4. The molecule has 0 radical (unpaired) electrons. The molecule has 4 nitrogen and oxygen atoms in total. The van der Waals surface area contributed by atoms with Gasteiger partial charge in [-0.05, 0) is 44.4 Å². The fourth-order valence-corrected chi connectivity index (χ4v) is 2.87. The van der Waals surface area contributed by atoms with Gasteiger partial charge in [0, 0.05) is 17.5 Å². The van der Waals surface area contributed by atoms with Gasteiger partial charge in [-0.3, -0.25) is 4.79 Å². The minimum Gasteiger partial charge on any atom is -0.368 e. The van der Waals surface area contributed by atoms with Crippen LogP contribution >= 0.6 is 11.8 Å². The van der Waals surface area contributed by atoms with Crippen LogP contribution < -0.4 is 11.1 Å². The Hall–Kier alpha value is -1.07. The van der Waals surface area contributed by atoms with Gasteiger partial charge in [-0.2, -0.15) is 0 Å². The molecule has 1 saturated carbocycles. The highest BCUT2D eigenvalue weighted by atomic mass is 32.2. The van der Waals surface area contributed by atoms with Crippen molar-refractivity contribution in [2.24, 2.45) is 5.73 Å². The Morgan fingerprint density at radius 1 is 1.56 bits per heavy atom. The smallest absolute Gasteiger partial charge is 0.235 e. The molecule has 1 unspecified atom stereocenters. The summed E-state index contributed by atoms with van der Waals surface area (Å²) in [5, 5.41) is 4.22. The lowest BCUT2D eigenvalue weighted by Crippen LogP contribution is -2.44. The van der Waals surface area contributed by atoms with E-state index < -0.39 is 0 Å². The van der Waals surface area contributed by atoms with Crippen LogP contribution in [0.4, 0.5) is 0 Å². The third kappa shape index (κ3) is 3.99. The number of amides is 1. The third-order valence-electron chi connectivity index (χ3n) is 2.83. The van der Waals surface area contributed by atoms with Crippen LogP contribution in [-0.4, -0.2) is 28.7 Å². The van der Waals surface area contributed by atoms with E-state index in [1.54, 1.807) is 11.8 Å². The van der Waals surface area contributed by atoms with Gasteiger partial charge in [-0.25, -0.2) is 4.98 Å². The maximum absolute atomic E-state index is 11.3. The molecule has 1 aliphatic rings. The van der Waals surface area contributed by atoms with Crippen LogP contribution in [0.3, 0.4) is 0 Å². The molecule has 1 aromatic rings. The van der Waals surface area contributed by atoms with Gasteiger partial charge < -0.3 is 11.1 Å². The standard InChI is InChI=1S/C13H19N3OS/c1-8-5-9(2)15-12(6-8)18-7-11(13(14)17)16-10-3-4-10/h5-6,10-11,16H,3-4,7H2,1-2H3,(H2,14,17). The molecule has 5 heteroatoms. The van der Waals surface area contributed by atoms with E-state index in [1.165, 1.54) is 5.56 Å². The van der Waals surface area contributed by atoms with Crippen molar-refractivity contribution in [1.82, 2.24) is 10.3 Å². The number of pyridine rings is 1. The number of carbonyl (C=O) groups excluding carboxylic acids is 1. The highest BCUT2D eigenvalue weighted by Gasteiger charge is 2.27. The first-order valence-corrected chi connectivity index (χ1v) is 7.16. The lowest BCUT2D eigenvalue weighted by molar-refractivity contribution is -0.119. The van der Waals surface area contributed by atoms with Gasteiger partial charge in [0.1, 0.15) is 0 Å². The summed E-state index contributed by atoms with van der Waals surface area (Å²) in [7, 11) is 0. The molecular formula is C13H19N3OS. The van der Waals surface area contributed by atoms with Crippen molar-refractivity contribution < 1.29 is 4.79 Å². The maximum atomic E-state index is 11.3. The summed E-state index contributed by atoms with van der Waals surface area (Å²) >= 11 is 1.58. The number of nitrogens with one attached hydrogen (secondary N) is 1. The second kappa shape index (κ2) is 5.71. The molecule has 1 heterocycles. The highest BCUT2D eigenvalue weighted by Crippen LogP contribution is 2.22. The number of thioether (sulfide) groups is 1. The van der Waals surface area contributed by atoms with Crippen molar-refractivity contribution in [2.45, 2.75) is 43.8 Å². The van der Waals surface area contributed by atoms with Crippen LogP contribution in [0.25, 0.3) is 0 Å². The third-order valence-corrected chi connectivity index (χ3v) is 3.83. The van der Waals surface area contributed by atoms with Crippen molar-refractivity contribution in [3.05, 3.63) is 23.4 Å². The zero-order valence-corrected chi connectivity index (χ0v) is 11.6. The van der Waals surface area contributed by atoms with E-state index in [4.69, 9.17) is 5.73 Å². The lowest BCUT2D eigenvalue weighted by Gasteiger charge is -2.14. The van der Waals surface area contributed by atoms with E-state index in [9.17, 15) is 4.79 Å². The Balaban J connectivity index is 1.93. The summed E-state index contributed by atoms with van der Waals surface area (Å²) in [5.74, 6) is 0.362. The predicted molar refractivity (Wildman–Crippen MR) is 73.6 cm³/mol. The topological polar surface area (TPSA) is 68.0 Å². The number of nitrogens with two attached hydrogens (primary N) is 1. The van der Waals surface area contributed by atoms with Gasteiger partial charge in [0.05, 0.1) is 11.1 Å². The Kier molecular flexibility index (Phi) is 4.24. The summed E-state index contributed by atoms with van der Waals surface area (Å²) in [4.78, 5) is 15.8. The maximum Gasteiger partial charge on any atom is 0.235 e. The van der Waals surface area contributed by atoms with Crippen molar-refractivity contribution in [3.63, 3.8) is 0 Å². The zero-order chi connectivity index (χ0) is 13.1. The lowest BCUT2D eigenvalue weighted by atomic mass is 10.3. The van der Waals surface area contributed by atoms with E-state index >= 15 is 0 Å². The van der Waals surface area contributed by atoms with Gasteiger partial charge in [0.25, 0.3) is 0 Å². The number of aromatic nitrogens is 1. The van der Waals surface area contributed by atoms with E-state index in [1.807, 2.05) is 26.0 Å². The molecule has 0 aromatic carbocycles. The van der Waals surface area contributed by atoms with Crippen molar-refractivity contribution in [1.29, 1.82) is 0 Å². The molecular weight excluding hydrogens is 246 g/mol. The Bertz CT molecular complexity index is 426. The molecule has 3 N–H and O–H groups in total. The molecule has 0 spiro atoms. The van der Waals surface area contributed by atoms with Crippen molar-refractivity contribution >= 4 is 17.7 Å². The molecule has 0 bridgehead atoms. The number of rotatable bonds is 6. The molecule has 1 fully saturated rings. The summed E-state index contributed by atoms with van der Waals surface area (Å²) < 4.78 is 0. The van der Waals surface area contributed by atoms with Crippen LogP contribution in [0.5, 0.6) is 0 Å². The molecule has 1 aromatic heterocycles. The van der Waals surface area contributed by atoms with Gasteiger partial charge >= 0.3 is 0 Å². The second-order valence-electron chi connectivity index (χ2n) is 4.83. The van der Waals surface area contributed by atoms with Gasteiger partial charge in [0.2, 0.25) is 5.91 Å². The number of hydrogen-bond acceptors (Lipinski definition) is 4. The number of carbonyl (C=O) groups is 1. The van der Waals surface area contributed by atoms with Crippen LogP contribution in [0.1, 0.15) is 24.1 Å². The molecule has 1 amide bonds. The molecule has 1 atom stereocenters. The molecule has 1 aliphatic carbocycles. The SMILES string of the molecule is Cc1cc(C)nc(SCC(NC2CC2)C(N)=O)c1. The Morgan fingerprint density at radius 2 is 2.28 bits per heavy atom. The van der Waals surface area contributed by atoms with Gasteiger partial charge in [-0.15, -0.1) is 11.8 Å². The largest absolute Gasteiger partial charge is 0.368 e. The van der Waals surface area contributed by atoms with E-state index in [-0.39, 0.29) is 11.9 Å². The van der Waals surface area contributed by atoms with E-state index in [2.05, 4.69) is 10.3 Å². The highest BCUT2D eigenvalue weighted by molar-refractivity contribution is 7.99. The molecule has 2 rings (SSSR count). The van der Waals surface area contributed by atoms with E-state index in [0.717, 1.165) is 23.6 Å². The van der Waals surface area contributed by atoms with Crippen LogP contribution in [0.15, 0.2) is 17.2 Å². The van der Waals surface area contributed by atoms with E-state index in [0.29, 0.717) is 11.8 Å². The van der Waals surface area contributed by atoms with Gasteiger partial charge in [-0.1, -0.05) is 0 Å². The number of nitrogens with zero attached hydrogens (tertiary/aromatic N) is 1. The monoisotopic (exact) mass is 265 g/mol. The fraction of sp³-hybridized carbons (Fsp3) is 0.538. The second-order valence-corrected chi connectivity index (χ2v) is 5.87. The average molecular weight is 265 g/mol. The molecule has 18 heavy (non-hydrogen) atoms. The Labute approximate surface area is 112 Å². The average Bonchev–Trinajstić information content (AvgIpc) is 3.06. The first-order chi connectivity index (χ1) is 8.54. The quantitative estimate of drug-likeness (QED) is 0.763. The fourth-order valence-electron chi connectivity index (χ4n) is 1.79. The van der Waals surface area contributed by atoms with Crippen molar-refractivity contribution in [3.8, 4) is 0 Å². The van der Waals surface area contributed by atoms with Crippen LogP contribution in [-0.2, 0) is 4.79 Å². The predicted octanol–water partition coefficient (Wildman–Crippen LogP) is 1.40. The van der Waals surface area contributed by atoms with Crippen LogP contribution in [0, 0.1) is 13.8 Å². The molecule has 98 valence electrons. The number of hydrogen-bond donors (Lipinski definition) is 2. The van der Waals surface area contributed by atoms with Gasteiger partial charge in [0.15, 0.2) is 0 Å². The number of primary amides is 1. The minimum absolute atomic E-state index is 0.259. The molecule has 0 aliphatic heterocycles. The normalized spacial score (nSPS) is 16.6. The summed E-state index contributed by atoms with van der Waals surface area (Å²) in [6, 6.07) is 4.30. The van der Waals surface area contributed by atoms with Crippen LogP contribution in [0.2, 0.25) is 0 Å². The zero-order valence-electron chi connectivity index (χ0n) is 10.8.